The highest BCUT2D eigenvalue weighted by atomic mass is 19.2. The molecule has 0 saturated carbocycles. The molecule has 76 valence electrons. The van der Waals surface area contributed by atoms with E-state index in [0.717, 1.165) is 6.92 Å². The van der Waals surface area contributed by atoms with Gasteiger partial charge in [0.25, 0.3) is 0 Å². The number of esters is 1. The zero-order chi connectivity index (χ0) is 10.9. The van der Waals surface area contributed by atoms with Gasteiger partial charge in [-0.2, -0.15) is 8.78 Å². The normalized spacial score (nSPS) is 10.0. The van der Waals surface area contributed by atoms with Crippen LogP contribution >= 0.6 is 0 Å². The monoisotopic (exact) mass is 206 g/mol. The molecule has 1 aromatic rings. The number of carbonyl (C=O) groups is 1. The number of aromatic hydroxyl groups is 1. The lowest BCUT2D eigenvalue weighted by atomic mass is 10.3. The van der Waals surface area contributed by atoms with Crippen LogP contribution in [0, 0.1) is 17.5 Å². The number of phenolic OH excluding ortho intramolecular Hbond substituents is 1. The topological polar surface area (TPSA) is 46.5 Å². The van der Waals surface area contributed by atoms with E-state index >= 15 is 0 Å². The molecule has 6 heteroatoms. The van der Waals surface area contributed by atoms with E-state index in [1.807, 2.05) is 0 Å². The summed E-state index contributed by atoms with van der Waals surface area (Å²) in [4.78, 5) is 10.4. The second kappa shape index (κ2) is 3.57. The number of hydrogen-bond acceptors (Lipinski definition) is 3. The Morgan fingerprint density at radius 2 is 1.86 bits per heavy atom. The van der Waals surface area contributed by atoms with Crippen LogP contribution in [0.3, 0.4) is 0 Å². The average molecular weight is 206 g/mol. The first kappa shape index (κ1) is 10.4. The first-order valence-corrected chi connectivity index (χ1v) is 3.48. The number of halogens is 3. The third kappa shape index (κ3) is 1.78. The minimum Gasteiger partial charge on any atom is -0.505 e. The zero-order valence-corrected chi connectivity index (χ0v) is 6.97. The molecular formula is C8H5F3O3. The summed E-state index contributed by atoms with van der Waals surface area (Å²) < 4.78 is 42.1. The van der Waals surface area contributed by atoms with Crippen LogP contribution < -0.4 is 4.74 Å². The van der Waals surface area contributed by atoms with Crippen LogP contribution in [-0.4, -0.2) is 11.1 Å². The molecule has 14 heavy (non-hydrogen) atoms. The summed E-state index contributed by atoms with van der Waals surface area (Å²) in [5.41, 5.74) is 0. The number of phenols is 1. The van der Waals surface area contributed by atoms with Crippen LogP contribution in [-0.2, 0) is 4.79 Å². The molecule has 0 saturated heterocycles. The van der Waals surface area contributed by atoms with Gasteiger partial charge in [0.15, 0.2) is 11.5 Å². The quantitative estimate of drug-likeness (QED) is 0.432. The van der Waals surface area contributed by atoms with Crippen LogP contribution in [0.15, 0.2) is 6.07 Å². The van der Waals surface area contributed by atoms with Gasteiger partial charge in [0.2, 0.25) is 17.5 Å². The minimum atomic E-state index is -1.89. The van der Waals surface area contributed by atoms with Crippen molar-refractivity contribution in [2.45, 2.75) is 6.92 Å². The summed E-state index contributed by atoms with van der Waals surface area (Å²) in [6.07, 6.45) is 0. The minimum absolute atomic E-state index is 0.481. The molecule has 0 aromatic heterocycles. The summed E-state index contributed by atoms with van der Waals surface area (Å²) >= 11 is 0. The third-order valence-electron chi connectivity index (χ3n) is 1.35. The van der Waals surface area contributed by atoms with Gasteiger partial charge in [-0.25, -0.2) is 4.39 Å². The fraction of sp³-hybridized carbons (Fsp3) is 0.125. The maximum atomic E-state index is 12.8. The third-order valence-corrected chi connectivity index (χ3v) is 1.35. The van der Waals surface area contributed by atoms with E-state index in [4.69, 9.17) is 5.11 Å². The van der Waals surface area contributed by atoms with Gasteiger partial charge in [0, 0.05) is 13.0 Å². The fourth-order valence-corrected chi connectivity index (χ4v) is 0.797. The van der Waals surface area contributed by atoms with Gasteiger partial charge in [0.05, 0.1) is 0 Å². The Hall–Kier alpha value is -1.72. The molecule has 1 N–H and O–H groups in total. The Bertz CT molecular complexity index is 390. The van der Waals surface area contributed by atoms with Gasteiger partial charge in [-0.1, -0.05) is 0 Å². The Balaban J connectivity index is 3.25. The Labute approximate surface area is 76.7 Å². The van der Waals surface area contributed by atoms with E-state index in [0.29, 0.717) is 6.07 Å². The summed E-state index contributed by atoms with van der Waals surface area (Å²) in [5.74, 6) is -8.15. The molecule has 0 unspecified atom stereocenters. The van der Waals surface area contributed by atoms with Gasteiger partial charge in [-0.15, -0.1) is 0 Å². The molecule has 0 bridgehead atoms. The number of hydrogen-bond donors (Lipinski definition) is 1. The number of benzene rings is 1. The molecule has 0 heterocycles. The maximum Gasteiger partial charge on any atom is 0.308 e. The molecular weight excluding hydrogens is 201 g/mol. The Morgan fingerprint density at radius 3 is 2.36 bits per heavy atom. The number of ether oxygens (including phenoxy) is 1. The molecule has 0 aliphatic carbocycles. The smallest absolute Gasteiger partial charge is 0.308 e. The van der Waals surface area contributed by atoms with Gasteiger partial charge in [0.1, 0.15) is 0 Å². The molecule has 0 spiro atoms. The number of rotatable bonds is 1. The van der Waals surface area contributed by atoms with E-state index in [9.17, 15) is 18.0 Å². The van der Waals surface area contributed by atoms with E-state index in [-0.39, 0.29) is 0 Å². The van der Waals surface area contributed by atoms with Gasteiger partial charge < -0.3 is 9.84 Å². The van der Waals surface area contributed by atoms with Crippen molar-refractivity contribution in [3.63, 3.8) is 0 Å². The lowest BCUT2D eigenvalue weighted by molar-refractivity contribution is -0.132. The maximum absolute atomic E-state index is 12.8. The lowest BCUT2D eigenvalue weighted by Crippen LogP contribution is -2.05. The highest BCUT2D eigenvalue weighted by molar-refractivity contribution is 5.69. The Kier molecular flexibility index (Phi) is 2.64. The van der Waals surface area contributed by atoms with Crippen molar-refractivity contribution >= 4 is 5.97 Å². The molecule has 0 aliphatic heterocycles. The molecule has 0 radical (unpaired) electrons. The van der Waals surface area contributed by atoms with Crippen LogP contribution in [0.5, 0.6) is 11.5 Å². The predicted molar refractivity (Wildman–Crippen MR) is 39.3 cm³/mol. The lowest BCUT2D eigenvalue weighted by Gasteiger charge is -2.05. The van der Waals surface area contributed by atoms with Crippen LogP contribution in [0.25, 0.3) is 0 Å². The first-order valence-electron chi connectivity index (χ1n) is 3.48. The standard InChI is InChI=1S/C8H5F3O3/c1-3(12)14-5-2-4(13)6(9)8(11)7(5)10/h2,13H,1H3. The zero-order valence-electron chi connectivity index (χ0n) is 6.97. The Morgan fingerprint density at radius 1 is 1.29 bits per heavy atom. The SMILES string of the molecule is CC(=O)Oc1cc(O)c(F)c(F)c1F. The first-order chi connectivity index (χ1) is 6.43. The van der Waals surface area contributed by atoms with E-state index in [2.05, 4.69) is 4.74 Å². The van der Waals surface area contributed by atoms with Gasteiger partial charge in [-0.3, -0.25) is 4.79 Å². The molecule has 0 amide bonds. The van der Waals surface area contributed by atoms with Crippen LogP contribution in [0.1, 0.15) is 6.92 Å². The summed E-state index contributed by atoms with van der Waals surface area (Å²) in [6.45, 7) is 0.956. The van der Waals surface area contributed by atoms with Crippen LogP contribution in [0.2, 0.25) is 0 Å². The van der Waals surface area contributed by atoms with Crippen molar-refractivity contribution in [2.75, 3.05) is 0 Å². The van der Waals surface area contributed by atoms with Gasteiger partial charge in [-0.05, 0) is 0 Å². The van der Waals surface area contributed by atoms with Crippen LogP contribution in [0.4, 0.5) is 13.2 Å². The largest absolute Gasteiger partial charge is 0.505 e. The highest BCUT2D eigenvalue weighted by Crippen LogP contribution is 2.29. The molecule has 1 rings (SSSR count). The predicted octanol–water partition coefficient (Wildman–Crippen LogP) is 1.73. The molecule has 3 nitrogen and oxygen atoms in total. The molecule has 0 aliphatic rings. The van der Waals surface area contributed by atoms with E-state index in [1.165, 1.54) is 0 Å². The van der Waals surface area contributed by atoms with Crippen molar-refractivity contribution in [2.24, 2.45) is 0 Å². The number of carbonyl (C=O) groups excluding carboxylic acids is 1. The van der Waals surface area contributed by atoms with Crippen molar-refractivity contribution < 1.29 is 27.8 Å². The summed E-state index contributed by atoms with van der Waals surface area (Å²) in [6, 6.07) is 0.481. The van der Waals surface area contributed by atoms with Crippen molar-refractivity contribution in [1.29, 1.82) is 0 Å². The van der Waals surface area contributed by atoms with E-state index in [1.54, 1.807) is 0 Å². The average Bonchev–Trinajstić information content (AvgIpc) is 2.10. The molecule has 0 atom stereocenters. The fourth-order valence-electron chi connectivity index (χ4n) is 0.797. The van der Waals surface area contributed by atoms with Crippen molar-refractivity contribution in [3.05, 3.63) is 23.5 Å². The van der Waals surface area contributed by atoms with Crippen molar-refractivity contribution in [1.82, 2.24) is 0 Å². The summed E-state index contributed by atoms with van der Waals surface area (Å²) in [7, 11) is 0. The highest BCUT2D eigenvalue weighted by Gasteiger charge is 2.20. The van der Waals surface area contributed by atoms with E-state index < -0.39 is 34.9 Å². The second-order valence-electron chi connectivity index (χ2n) is 2.43. The summed E-state index contributed by atoms with van der Waals surface area (Å²) in [5, 5.41) is 8.75. The molecule has 1 aromatic carbocycles. The van der Waals surface area contributed by atoms with Gasteiger partial charge >= 0.3 is 5.97 Å². The van der Waals surface area contributed by atoms with Crippen molar-refractivity contribution in [3.8, 4) is 11.5 Å². The second-order valence-corrected chi connectivity index (χ2v) is 2.43. The molecule has 0 fully saturated rings.